The first-order valence-electron chi connectivity index (χ1n) is 5.20. The zero-order valence-electron chi connectivity index (χ0n) is 7.97. The summed E-state index contributed by atoms with van der Waals surface area (Å²) in [4.78, 5) is 11.5. The summed E-state index contributed by atoms with van der Waals surface area (Å²) >= 11 is 0. The fraction of sp³-hybridized carbons (Fsp3) is 0.700. The highest BCUT2D eigenvalue weighted by Crippen LogP contribution is 2.44. The maximum absolute atomic E-state index is 11.5. The van der Waals surface area contributed by atoms with Crippen LogP contribution in [0.5, 0.6) is 0 Å². The smallest absolute Gasteiger partial charge is 0.267 e. The van der Waals surface area contributed by atoms with E-state index in [9.17, 15) is 9.90 Å². The first-order valence-corrected chi connectivity index (χ1v) is 5.20. The van der Waals surface area contributed by atoms with Crippen molar-refractivity contribution in [2.45, 2.75) is 43.6 Å². The molecular formula is C10H14N2O2. The van der Waals surface area contributed by atoms with Crippen LogP contribution in [0.1, 0.15) is 42.9 Å². The van der Waals surface area contributed by atoms with Crippen LogP contribution in [0.25, 0.3) is 0 Å². The predicted molar refractivity (Wildman–Crippen MR) is 51.3 cm³/mol. The molecule has 0 aromatic carbocycles. The zero-order chi connectivity index (χ0) is 9.76. The lowest BCUT2D eigenvalue weighted by Crippen LogP contribution is -2.41. The van der Waals surface area contributed by atoms with Gasteiger partial charge in [-0.2, -0.15) is 0 Å². The lowest BCUT2D eigenvalue weighted by Gasteiger charge is -2.40. The van der Waals surface area contributed by atoms with Crippen LogP contribution in [-0.2, 0) is 6.42 Å². The molecule has 0 aliphatic heterocycles. The molecule has 3 rings (SSSR count). The van der Waals surface area contributed by atoms with Gasteiger partial charge in [-0.1, -0.05) is 0 Å². The summed E-state index contributed by atoms with van der Waals surface area (Å²) in [7, 11) is 0. The van der Waals surface area contributed by atoms with E-state index < -0.39 is 5.60 Å². The number of hydrogen-bond donors (Lipinski definition) is 3. The van der Waals surface area contributed by atoms with Crippen molar-refractivity contribution in [1.29, 1.82) is 0 Å². The fourth-order valence-corrected chi connectivity index (χ4v) is 3.05. The molecule has 1 aromatic heterocycles. The molecule has 2 aliphatic carbocycles. The molecule has 2 bridgehead atoms. The van der Waals surface area contributed by atoms with Crippen molar-refractivity contribution < 1.29 is 5.11 Å². The summed E-state index contributed by atoms with van der Waals surface area (Å²) in [6.45, 7) is 0. The molecule has 4 nitrogen and oxygen atoms in total. The molecule has 0 spiro atoms. The zero-order valence-corrected chi connectivity index (χ0v) is 7.97. The summed E-state index contributed by atoms with van der Waals surface area (Å²) in [5.41, 5.74) is 1.28. The average Bonchev–Trinajstić information content (AvgIpc) is 2.46. The van der Waals surface area contributed by atoms with E-state index >= 15 is 0 Å². The molecule has 1 aromatic rings. The third kappa shape index (κ3) is 1.00. The Balaban J connectivity index is 2.15. The molecule has 1 saturated carbocycles. The number of hydrogen-bond acceptors (Lipinski definition) is 2. The van der Waals surface area contributed by atoms with Gasteiger partial charge in [0.1, 0.15) is 0 Å². The van der Waals surface area contributed by atoms with E-state index in [2.05, 4.69) is 10.2 Å². The van der Waals surface area contributed by atoms with E-state index in [1.54, 1.807) is 0 Å². The lowest BCUT2D eigenvalue weighted by molar-refractivity contribution is -0.0115. The summed E-state index contributed by atoms with van der Waals surface area (Å²) in [6.07, 6.45) is 4.32. The van der Waals surface area contributed by atoms with Crippen LogP contribution < -0.4 is 5.56 Å². The largest absolute Gasteiger partial charge is 0.389 e. The number of fused-ring (bicyclic) bond motifs is 4. The van der Waals surface area contributed by atoms with Crippen molar-refractivity contribution in [3.8, 4) is 0 Å². The fourth-order valence-electron chi connectivity index (χ4n) is 3.05. The second-order valence-electron chi connectivity index (χ2n) is 4.67. The van der Waals surface area contributed by atoms with E-state index in [0.29, 0.717) is 6.42 Å². The minimum absolute atomic E-state index is 0.00829. The molecule has 0 saturated heterocycles. The molecule has 1 fully saturated rings. The van der Waals surface area contributed by atoms with Gasteiger partial charge < -0.3 is 10.2 Å². The highest BCUT2D eigenvalue weighted by molar-refractivity contribution is 5.28. The summed E-state index contributed by atoms with van der Waals surface area (Å²) in [5.74, 6) is 0.271. The second-order valence-corrected chi connectivity index (χ2v) is 4.67. The van der Waals surface area contributed by atoms with Gasteiger partial charge in [0.05, 0.1) is 5.60 Å². The Morgan fingerprint density at radius 3 is 3.14 bits per heavy atom. The Hall–Kier alpha value is -1.03. The number of aromatic nitrogens is 2. The van der Waals surface area contributed by atoms with Gasteiger partial charge in [0.2, 0.25) is 0 Å². The van der Waals surface area contributed by atoms with Crippen molar-refractivity contribution in [1.82, 2.24) is 10.2 Å². The predicted octanol–water partition coefficient (Wildman–Crippen LogP) is 0.648. The summed E-state index contributed by atoms with van der Waals surface area (Å²) < 4.78 is 0. The number of rotatable bonds is 0. The van der Waals surface area contributed by atoms with E-state index in [4.69, 9.17) is 0 Å². The van der Waals surface area contributed by atoms with Crippen LogP contribution >= 0.6 is 0 Å². The molecule has 3 N–H and O–H groups in total. The molecule has 2 atom stereocenters. The van der Waals surface area contributed by atoms with E-state index in [1.807, 2.05) is 0 Å². The molecule has 0 radical (unpaired) electrons. The number of aliphatic hydroxyl groups is 1. The maximum Gasteiger partial charge on any atom is 0.267 e. The van der Waals surface area contributed by atoms with Gasteiger partial charge in [-0.25, -0.2) is 0 Å². The van der Waals surface area contributed by atoms with Gasteiger partial charge >= 0.3 is 0 Å². The molecular weight excluding hydrogens is 180 g/mol. The van der Waals surface area contributed by atoms with Gasteiger partial charge in [0.15, 0.2) is 0 Å². The molecule has 0 amide bonds. The van der Waals surface area contributed by atoms with Crippen LogP contribution in [0.2, 0.25) is 0 Å². The topological polar surface area (TPSA) is 68.9 Å². The third-order valence-corrected chi connectivity index (χ3v) is 3.63. The molecule has 1 heterocycles. The van der Waals surface area contributed by atoms with Gasteiger partial charge in [0.25, 0.3) is 5.56 Å². The minimum Gasteiger partial charge on any atom is -0.389 e. The number of nitrogens with one attached hydrogen (secondary N) is 2. The van der Waals surface area contributed by atoms with Gasteiger partial charge in [-0.3, -0.25) is 9.89 Å². The normalized spacial score (nSPS) is 35.4. The summed E-state index contributed by atoms with van der Waals surface area (Å²) in [5, 5.41) is 15.7. The number of H-pyrrole nitrogens is 2. The third-order valence-electron chi connectivity index (χ3n) is 3.63. The molecule has 2 aliphatic rings. The van der Waals surface area contributed by atoms with E-state index in [0.717, 1.165) is 36.9 Å². The first kappa shape index (κ1) is 8.29. The Kier molecular flexibility index (Phi) is 1.49. The van der Waals surface area contributed by atoms with Crippen LogP contribution in [0.3, 0.4) is 0 Å². The van der Waals surface area contributed by atoms with Crippen LogP contribution in [0.15, 0.2) is 4.79 Å². The first-order chi connectivity index (χ1) is 6.68. The maximum atomic E-state index is 11.5. The van der Waals surface area contributed by atoms with Crippen molar-refractivity contribution >= 4 is 0 Å². The standard InChI is InChI=1S/C10H14N2O2/c13-9-8-6-2-1-3-10(14,4-6)5-7(8)11-12-9/h6,14H,1-5H2,(H2,11,12,13)/t6-,10+/m0/s1. The summed E-state index contributed by atoms with van der Waals surface area (Å²) in [6, 6.07) is 0. The van der Waals surface area contributed by atoms with E-state index in [-0.39, 0.29) is 11.5 Å². The monoisotopic (exact) mass is 194 g/mol. The van der Waals surface area contributed by atoms with Crippen molar-refractivity contribution in [3.05, 3.63) is 21.6 Å². The SMILES string of the molecule is O=c1[nH][nH]c2c1[C@H]1CCC[C@](O)(C2)C1. The Labute approximate surface area is 81.3 Å². The van der Waals surface area contributed by atoms with Gasteiger partial charge in [-0.15, -0.1) is 0 Å². The molecule has 14 heavy (non-hydrogen) atoms. The second kappa shape index (κ2) is 2.51. The van der Waals surface area contributed by atoms with Crippen molar-refractivity contribution in [3.63, 3.8) is 0 Å². The lowest BCUT2D eigenvalue weighted by atomic mass is 9.68. The average molecular weight is 194 g/mol. The Morgan fingerprint density at radius 1 is 1.43 bits per heavy atom. The molecule has 76 valence electrons. The van der Waals surface area contributed by atoms with Crippen molar-refractivity contribution in [2.24, 2.45) is 0 Å². The Morgan fingerprint density at radius 2 is 2.29 bits per heavy atom. The van der Waals surface area contributed by atoms with Crippen LogP contribution in [0.4, 0.5) is 0 Å². The minimum atomic E-state index is -0.555. The van der Waals surface area contributed by atoms with Gasteiger partial charge in [-0.05, 0) is 31.6 Å². The molecule has 0 unspecified atom stereocenters. The quantitative estimate of drug-likeness (QED) is 0.567. The van der Waals surface area contributed by atoms with Crippen LogP contribution in [0, 0.1) is 0 Å². The van der Waals surface area contributed by atoms with Crippen LogP contribution in [-0.4, -0.2) is 20.9 Å². The Bertz CT molecular complexity index is 420. The number of aromatic amines is 2. The highest BCUT2D eigenvalue weighted by Gasteiger charge is 2.42. The molecule has 4 heteroatoms. The van der Waals surface area contributed by atoms with Gasteiger partial charge in [0, 0.05) is 17.7 Å². The van der Waals surface area contributed by atoms with Crippen molar-refractivity contribution in [2.75, 3.05) is 0 Å². The highest BCUT2D eigenvalue weighted by atomic mass is 16.3. The van der Waals surface area contributed by atoms with E-state index in [1.165, 1.54) is 0 Å².